The monoisotopic (exact) mass is 391 g/mol. The average molecular weight is 391 g/mol. The van der Waals surface area contributed by atoms with Crippen LogP contribution in [0.5, 0.6) is 0 Å². The highest BCUT2D eigenvalue weighted by Crippen LogP contribution is 2.32. The molecular weight excluding hydrogens is 374 g/mol. The fourth-order valence-corrected chi connectivity index (χ4v) is 4.85. The van der Waals surface area contributed by atoms with Gasteiger partial charge in [-0.15, -0.1) is 0 Å². The van der Waals surface area contributed by atoms with E-state index < -0.39 is 22.5 Å². The topological polar surface area (TPSA) is 103 Å². The Morgan fingerprint density at radius 1 is 1.19 bits per heavy atom. The molecule has 0 bridgehead atoms. The van der Waals surface area contributed by atoms with Crippen LogP contribution >= 0.6 is 11.3 Å². The zero-order valence-electron chi connectivity index (χ0n) is 14.0. The second kappa shape index (κ2) is 7.30. The van der Waals surface area contributed by atoms with Crippen molar-refractivity contribution in [2.75, 3.05) is 23.2 Å². The lowest BCUT2D eigenvalue weighted by Crippen LogP contribution is -2.36. The minimum Gasteiger partial charge on any atom is -0.465 e. The normalized spacial score (nSPS) is 11.4. The van der Waals surface area contributed by atoms with Crippen molar-refractivity contribution < 1.29 is 17.9 Å². The molecule has 2 N–H and O–H groups in total. The molecule has 9 heteroatoms. The molecule has 3 aromatic rings. The molecule has 1 aromatic heterocycles. The Morgan fingerprint density at radius 3 is 2.54 bits per heavy atom. The molecule has 0 fully saturated rings. The molecular formula is C17H17N3O4S2. The van der Waals surface area contributed by atoms with Gasteiger partial charge in [0.15, 0.2) is 0 Å². The van der Waals surface area contributed by atoms with Gasteiger partial charge in [0.1, 0.15) is 6.54 Å². The molecule has 7 nitrogen and oxygen atoms in total. The van der Waals surface area contributed by atoms with Crippen molar-refractivity contribution in [3.8, 4) is 0 Å². The van der Waals surface area contributed by atoms with Crippen molar-refractivity contribution in [3.05, 3.63) is 48.5 Å². The third kappa shape index (κ3) is 3.63. The SMILES string of the molecule is CCOC(=O)CN(c1nc2ccccc2s1)S(=O)(=O)c1ccc(N)cc1. The molecule has 2 aromatic carbocycles. The third-order valence-corrected chi connectivity index (χ3v) is 6.47. The number of nitrogens with two attached hydrogens (primary N) is 1. The van der Waals surface area contributed by atoms with Crippen LogP contribution in [0.15, 0.2) is 53.4 Å². The predicted molar refractivity (Wildman–Crippen MR) is 102 cm³/mol. The lowest BCUT2D eigenvalue weighted by molar-refractivity contribution is -0.141. The first-order valence-electron chi connectivity index (χ1n) is 7.81. The number of rotatable bonds is 6. The van der Waals surface area contributed by atoms with Gasteiger partial charge in [-0.1, -0.05) is 23.5 Å². The van der Waals surface area contributed by atoms with Gasteiger partial charge < -0.3 is 10.5 Å². The molecule has 0 amide bonds. The number of carbonyl (C=O) groups is 1. The smallest absolute Gasteiger partial charge is 0.326 e. The molecule has 3 rings (SSSR count). The number of thiazole rings is 1. The Kier molecular flexibility index (Phi) is 5.10. The Labute approximate surface area is 155 Å². The van der Waals surface area contributed by atoms with E-state index in [1.165, 1.54) is 35.6 Å². The van der Waals surface area contributed by atoms with Gasteiger partial charge in [-0.2, -0.15) is 0 Å². The van der Waals surface area contributed by atoms with Gasteiger partial charge in [0.2, 0.25) is 5.13 Å². The lowest BCUT2D eigenvalue weighted by atomic mass is 10.3. The molecule has 0 unspecified atom stereocenters. The molecule has 0 spiro atoms. The standard InChI is InChI=1S/C17H17N3O4S2/c1-2-24-16(21)11-20(17-19-14-5-3-4-6-15(14)25-17)26(22,23)13-9-7-12(18)8-10-13/h3-10H,2,11,18H2,1H3. The number of aromatic nitrogens is 1. The highest BCUT2D eigenvalue weighted by Gasteiger charge is 2.30. The number of ether oxygens (including phenoxy) is 1. The van der Waals surface area contributed by atoms with Crippen LogP contribution in [0, 0.1) is 0 Å². The zero-order valence-corrected chi connectivity index (χ0v) is 15.6. The van der Waals surface area contributed by atoms with Gasteiger partial charge in [-0.3, -0.25) is 4.79 Å². The van der Waals surface area contributed by atoms with Gasteiger partial charge in [-0.25, -0.2) is 17.7 Å². The quantitative estimate of drug-likeness (QED) is 0.512. The third-order valence-electron chi connectivity index (χ3n) is 3.54. The van der Waals surface area contributed by atoms with Crippen molar-refractivity contribution in [1.82, 2.24) is 4.98 Å². The van der Waals surface area contributed by atoms with Gasteiger partial charge in [-0.05, 0) is 43.3 Å². The van der Waals surface area contributed by atoms with Crippen LogP contribution in [0.25, 0.3) is 10.2 Å². The maximum atomic E-state index is 13.1. The van der Waals surface area contributed by atoms with Crippen molar-refractivity contribution in [1.29, 1.82) is 0 Å². The van der Waals surface area contributed by atoms with Crippen LogP contribution in [0.1, 0.15) is 6.92 Å². The van der Waals surface area contributed by atoms with E-state index in [1.807, 2.05) is 18.2 Å². The predicted octanol–water partition coefficient (Wildman–Crippen LogP) is 2.64. The minimum atomic E-state index is -4.01. The largest absolute Gasteiger partial charge is 0.465 e. The summed E-state index contributed by atoms with van der Waals surface area (Å²) in [4.78, 5) is 16.4. The first-order chi connectivity index (χ1) is 12.4. The van der Waals surface area contributed by atoms with Gasteiger partial charge in [0.25, 0.3) is 10.0 Å². The molecule has 0 aliphatic heterocycles. The zero-order chi connectivity index (χ0) is 18.7. The summed E-state index contributed by atoms with van der Waals surface area (Å²) in [6, 6.07) is 13.1. The molecule has 0 radical (unpaired) electrons. The van der Waals surface area contributed by atoms with Gasteiger partial charge in [0, 0.05) is 5.69 Å². The molecule has 0 aliphatic rings. The molecule has 0 atom stereocenters. The molecule has 136 valence electrons. The highest BCUT2D eigenvalue weighted by molar-refractivity contribution is 7.93. The second-order valence-electron chi connectivity index (χ2n) is 5.35. The van der Waals surface area contributed by atoms with Gasteiger partial charge in [0.05, 0.1) is 21.7 Å². The Hall–Kier alpha value is -2.65. The van der Waals surface area contributed by atoms with Crippen LogP contribution < -0.4 is 10.0 Å². The van der Waals surface area contributed by atoms with Gasteiger partial charge >= 0.3 is 5.97 Å². The average Bonchev–Trinajstić information content (AvgIpc) is 3.03. The van der Waals surface area contributed by atoms with Crippen LogP contribution in [0.4, 0.5) is 10.8 Å². The van der Waals surface area contributed by atoms with E-state index in [4.69, 9.17) is 10.5 Å². The van der Waals surface area contributed by atoms with Crippen molar-refractivity contribution in [3.63, 3.8) is 0 Å². The van der Waals surface area contributed by atoms with E-state index in [1.54, 1.807) is 13.0 Å². The maximum Gasteiger partial charge on any atom is 0.326 e. The summed E-state index contributed by atoms with van der Waals surface area (Å²) in [5.41, 5.74) is 6.74. The Balaban J connectivity index is 2.07. The molecule has 26 heavy (non-hydrogen) atoms. The summed E-state index contributed by atoms with van der Waals surface area (Å²) < 4.78 is 32.9. The summed E-state index contributed by atoms with van der Waals surface area (Å²) in [6.07, 6.45) is 0. The first kappa shape index (κ1) is 18.2. The number of fused-ring (bicyclic) bond motifs is 1. The Morgan fingerprint density at radius 2 is 1.88 bits per heavy atom. The highest BCUT2D eigenvalue weighted by atomic mass is 32.2. The molecule has 1 heterocycles. The number of benzene rings is 2. The maximum absolute atomic E-state index is 13.1. The van der Waals surface area contributed by atoms with Crippen molar-refractivity contribution >= 4 is 48.4 Å². The number of para-hydroxylation sites is 1. The van der Waals surface area contributed by atoms with Crippen LogP contribution in [-0.2, 0) is 19.6 Å². The fourth-order valence-electron chi connectivity index (χ4n) is 2.31. The number of nitrogens with zero attached hydrogens (tertiary/aromatic N) is 2. The molecule has 0 saturated heterocycles. The van der Waals surface area contributed by atoms with E-state index in [-0.39, 0.29) is 16.6 Å². The van der Waals surface area contributed by atoms with Crippen LogP contribution in [0.3, 0.4) is 0 Å². The summed E-state index contributed by atoms with van der Waals surface area (Å²) in [6.45, 7) is 1.36. The molecule has 0 aliphatic carbocycles. The number of hydrogen-bond acceptors (Lipinski definition) is 7. The number of hydrogen-bond donors (Lipinski definition) is 1. The van der Waals surface area contributed by atoms with Crippen molar-refractivity contribution in [2.45, 2.75) is 11.8 Å². The number of sulfonamides is 1. The molecule has 0 saturated carbocycles. The summed E-state index contributed by atoms with van der Waals surface area (Å²) in [7, 11) is -4.01. The first-order valence-corrected chi connectivity index (χ1v) is 10.1. The van der Waals surface area contributed by atoms with E-state index in [2.05, 4.69) is 4.98 Å². The van der Waals surface area contributed by atoms with E-state index >= 15 is 0 Å². The van der Waals surface area contributed by atoms with Crippen molar-refractivity contribution in [2.24, 2.45) is 0 Å². The number of anilines is 2. The minimum absolute atomic E-state index is 0.0234. The number of nitrogen functional groups attached to an aromatic ring is 1. The fraction of sp³-hybridized carbons (Fsp3) is 0.176. The Bertz CT molecular complexity index is 997. The van der Waals surface area contributed by atoms with Crippen LogP contribution in [-0.4, -0.2) is 32.5 Å². The number of carbonyl (C=O) groups excluding carboxylic acids is 1. The summed E-state index contributed by atoms with van der Waals surface area (Å²) in [5.74, 6) is -0.647. The van der Waals surface area contributed by atoms with E-state index in [0.29, 0.717) is 11.2 Å². The second-order valence-corrected chi connectivity index (χ2v) is 8.22. The van der Waals surface area contributed by atoms with E-state index in [0.717, 1.165) is 9.01 Å². The lowest BCUT2D eigenvalue weighted by Gasteiger charge is -2.20. The summed E-state index contributed by atoms with van der Waals surface area (Å²) >= 11 is 1.19. The summed E-state index contributed by atoms with van der Waals surface area (Å²) in [5, 5.41) is 0.205. The number of esters is 1. The van der Waals surface area contributed by atoms with E-state index in [9.17, 15) is 13.2 Å². The van der Waals surface area contributed by atoms with Crippen LogP contribution in [0.2, 0.25) is 0 Å².